The number of ether oxygens (including phenoxy) is 1. The summed E-state index contributed by atoms with van der Waals surface area (Å²) in [7, 11) is 0. The van der Waals surface area contributed by atoms with Crippen LogP contribution >= 0.6 is 11.3 Å². The maximum absolute atomic E-state index is 12.8. The van der Waals surface area contributed by atoms with Crippen LogP contribution in [-0.2, 0) is 6.61 Å². The molecule has 0 atom stereocenters. The summed E-state index contributed by atoms with van der Waals surface area (Å²) < 4.78 is 13.1. The van der Waals surface area contributed by atoms with Crippen LogP contribution in [0.3, 0.4) is 0 Å². The van der Waals surface area contributed by atoms with Crippen LogP contribution in [0, 0.1) is 17.0 Å². The molecule has 164 valence electrons. The van der Waals surface area contributed by atoms with Crippen molar-refractivity contribution in [1.29, 1.82) is 0 Å². The number of nitro groups is 1. The molecule has 5 aromatic rings. The van der Waals surface area contributed by atoms with E-state index in [0.29, 0.717) is 32.4 Å². The molecule has 0 fully saturated rings. The number of nitrogens with zero attached hydrogens (tertiary/aromatic N) is 4. The fourth-order valence-corrected chi connectivity index (χ4v) is 4.25. The highest BCUT2D eigenvalue weighted by molar-refractivity contribution is 7.15. The van der Waals surface area contributed by atoms with Gasteiger partial charge in [-0.15, -0.1) is 5.10 Å². The van der Waals surface area contributed by atoms with Crippen molar-refractivity contribution in [3.05, 3.63) is 103 Å². The SMILES string of the molecule is Cc1ccccc1OCc1nc2s/c(=C\c3ccc(-c4ccccc4[N+](=O)[O-])o3)c(=O)n2n1. The van der Waals surface area contributed by atoms with Gasteiger partial charge in [0.15, 0.2) is 5.82 Å². The number of hydrogen-bond donors (Lipinski definition) is 0. The number of furan rings is 1. The first-order chi connectivity index (χ1) is 16.0. The first-order valence-electron chi connectivity index (χ1n) is 9.92. The van der Waals surface area contributed by atoms with Crippen LogP contribution < -0.4 is 14.8 Å². The first-order valence-corrected chi connectivity index (χ1v) is 10.7. The fourth-order valence-electron chi connectivity index (χ4n) is 3.34. The fraction of sp³-hybridized carbons (Fsp3) is 0.0870. The Kier molecular flexibility index (Phi) is 5.19. The predicted molar refractivity (Wildman–Crippen MR) is 122 cm³/mol. The molecular weight excluding hydrogens is 444 g/mol. The molecule has 0 aliphatic rings. The third kappa shape index (κ3) is 3.99. The number of hydrogen-bond acceptors (Lipinski definition) is 8. The van der Waals surface area contributed by atoms with Crippen LogP contribution in [0.4, 0.5) is 5.69 Å². The second-order valence-electron chi connectivity index (χ2n) is 7.17. The van der Waals surface area contributed by atoms with Crippen molar-refractivity contribution in [2.24, 2.45) is 0 Å². The Labute approximate surface area is 190 Å². The van der Waals surface area contributed by atoms with Crippen molar-refractivity contribution in [2.75, 3.05) is 0 Å². The van der Waals surface area contributed by atoms with Crippen molar-refractivity contribution >= 4 is 28.1 Å². The van der Waals surface area contributed by atoms with Gasteiger partial charge in [0, 0.05) is 12.1 Å². The summed E-state index contributed by atoms with van der Waals surface area (Å²) in [5.41, 5.74) is 0.986. The van der Waals surface area contributed by atoms with Gasteiger partial charge in [-0.2, -0.15) is 9.50 Å². The van der Waals surface area contributed by atoms with Gasteiger partial charge in [0.25, 0.3) is 11.2 Å². The number of para-hydroxylation sites is 2. The first kappa shape index (κ1) is 20.6. The van der Waals surface area contributed by atoms with E-state index in [1.54, 1.807) is 36.4 Å². The Morgan fingerprint density at radius 3 is 2.73 bits per heavy atom. The molecule has 3 aromatic heterocycles. The zero-order chi connectivity index (χ0) is 22.9. The number of rotatable bonds is 6. The molecule has 0 aliphatic carbocycles. The Morgan fingerprint density at radius 2 is 1.94 bits per heavy atom. The summed E-state index contributed by atoms with van der Waals surface area (Å²) in [5.74, 6) is 1.88. The van der Waals surface area contributed by atoms with Crippen LogP contribution in [0.15, 0.2) is 69.9 Å². The maximum Gasteiger partial charge on any atom is 0.291 e. The van der Waals surface area contributed by atoms with Crippen molar-refractivity contribution in [3.8, 4) is 17.1 Å². The summed E-state index contributed by atoms with van der Waals surface area (Å²) >= 11 is 1.18. The van der Waals surface area contributed by atoms with Gasteiger partial charge in [-0.3, -0.25) is 14.9 Å². The lowest BCUT2D eigenvalue weighted by Gasteiger charge is -2.05. The predicted octanol–water partition coefficient (Wildman–Crippen LogP) is 3.75. The third-order valence-corrected chi connectivity index (χ3v) is 5.90. The van der Waals surface area contributed by atoms with E-state index < -0.39 is 4.92 Å². The molecule has 0 aliphatic heterocycles. The van der Waals surface area contributed by atoms with Crippen molar-refractivity contribution in [3.63, 3.8) is 0 Å². The minimum Gasteiger partial charge on any atom is -0.485 e. The van der Waals surface area contributed by atoms with Crippen LogP contribution in [0.5, 0.6) is 5.75 Å². The zero-order valence-electron chi connectivity index (χ0n) is 17.3. The second-order valence-corrected chi connectivity index (χ2v) is 8.18. The van der Waals surface area contributed by atoms with Crippen LogP contribution in [-0.4, -0.2) is 19.5 Å². The van der Waals surface area contributed by atoms with E-state index in [0.717, 1.165) is 11.3 Å². The summed E-state index contributed by atoms with van der Waals surface area (Å²) in [4.78, 5) is 28.4. The van der Waals surface area contributed by atoms with E-state index in [2.05, 4.69) is 10.1 Å². The van der Waals surface area contributed by atoms with Gasteiger partial charge in [-0.05, 0) is 36.8 Å². The van der Waals surface area contributed by atoms with Gasteiger partial charge < -0.3 is 9.15 Å². The number of aromatic nitrogens is 3. The molecule has 33 heavy (non-hydrogen) atoms. The van der Waals surface area contributed by atoms with E-state index in [1.807, 2.05) is 31.2 Å². The molecule has 0 spiro atoms. The van der Waals surface area contributed by atoms with E-state index in [-0.39, 0.29) is 17.9 Å². The monoisotopic (exact) mass is 460 g/mol. The summed E-state index contributed by atoms with van der Waals surface area (Å²) in [6.45, 7) is 2.09. The molecule has 0 radical (unpaired) electrons. The highest BCUT2D eigenvalue weighted by Crippen LogP contribution is 2.31. The number of benzene rings is 2. The molecule has 0 amide bonds. The summed E-state index contributed by atoms with van der Waals surface area (Å²) in [6.07, 6.45) is 1.57. The van der Waals surface area contributed by atoms with Gasteiger partial charge >= 0.3 is 0 Å². The highest BCUT2D eigenvalue weighted by Gasteiger charge is 2.17. The summed E-state index contributed by atoms with van der Waals surface area (Å²) in [5, 5.41) is 15.5. The minimum atomic E-state index is -0.461. The van der Waals surface area contributed by atoms with Gasteiger partial charge in [0.1, 0.15) is 28.4 Å². The van der Waals surface area contributed by atoms with Crippen LogP contribution in [0.25, 0.3) is 22.4 Å². The Bertz CT molecular complexity index is 1600. The van der Waals surface area contributed by atoms with Crippen molar-refractivity contribution in [1.82, 2.24) is 14.6 Å². The second kappa shape index (κ2) is 8.32. The lowest BCUT2D eigenvalue weighted by Crippen LogP contribution is -2.23. The molecule has 10 heteroatoms. The molecule has 9 nitrogen and oxygen atoms in total. The molecule has 0 unspecified atom stereocenters. The van der Waals surface area contributed by atoms with Gasteiger partial charge in [0.2, 0.25) is 4.96 Å². The standard InChI is InChI=1S/C23H16N4O5S/c1-14-6-2-5-9-18(14)31-13-21-24-23-26(25-21)22(28)20(33-23)12-15-10-11-19(32-15)16-7-3-4-8-17(16)27(29)30/h2-12H,13H2,1H3/b20-12-. The number of aryl methyl sites for hydroxylation is 1. The van der Waals surface area contributed by atoms with Crippen molar-refractivity contribution < 1.29 is 14.1 Å². The Morgan fingerprint density at radius 1 is 1.15 bits per heavy atom. The topological polar surface area (TPSA) is 113 Å². The average Bonchev–Trinajstić information content (AvgIpc) is 3.51. The lowest BCUT2D eigenvalue weighted by molar-refractivity contribution is -0.384. The molecule has 0 saturated carbocycles. The molecule has 2 aromatic carbocycles. The normalized spacial score (nSPS) is 11.8. The van der Waals surface area contributed by atoms with E-state index in [4.69, 9.17) is 9.15 Å². The Hall–Kier alpha value is -4.31. The smallest absolute Gasteiger partial charge is 0.291 e. The third-order valence-electron chi connectivity index (χ3n) is 4.94. The number of thiazole rings is 1. The van der Waals surface area contributed by atoms with Crippen molar-refractivity contribution in [2.45, 2.75) is 13.5 Å². The van der Waals surface area contributed by atoms with Gasteiger partial charge in [-0.25, -0.2) is 0 Å². The Balaban J connectivity index is 1.41. The molecule has 5 rings (SSSR count). The molecule has 0 saturated heterocycles. The molecule has 0 N–H and O–H groups in total. The largest absolute Gasteiger partial charge is 0.485 e. The lowest BCUT2D eigenvalue weighted by atomic mass is 10.1. The number of nitro benzene ring substituents is 1. The van der Waals surface area contributed by atoms with Crippen LogP contribution in [0.1, 0.15) is 17.1 Å². The average molecular weight is 460 g/mol. The van der Waals surface area contributed by atoms with Gasteiger partial charge in [0.05, 0.1) is 10.5 Å². The van der Waals surface area contributed by atoms with E-state index in [9.17, 15) is 14.9 Å². The van der Waals surface area contributed by atoms with Crippen LogP contribution in [0.2, 0.25) is 0 Å². The molecular formula is C23H16N4O5S. The quantitative estimate of drug-likeness (QED) is 0.280. The van der Waals surface area contributed by atoms with E-state index in [1.165, 1.54) is 21.9 Å². The number of fused-ring (bicyclic) bond motifs is 1. The van der Waals surface area contributed by atoms with E-state index >= 15 is 0 Å². The zero-order valence-corrected chi connectivity index (χ0v) is 18.1. The molecule has 3 heterocycles. The summed E-state index contributed by atoms with van der Waals surface area (Å²) in [6, 6.07) is 17.2. The minimum absolute atomic E-state index is 0.0536. The molecule has 0 bridgehead atoms. The maximum atomic E-state index is 12.8. The van der Waals surface area contributed by atoms with Gasteiger partial charge in [-0.1, -0.05) is 41.7 Å². The highest BCUT2D eigenvalue weighted by atomic mass is 32.1.